The molecule has 2 aliphatic heterocycles. The van der Waals surface area contributed by atoms with E-state index in [0.717, 1.165) is 21.5 Å². The van der Waals surface area contributed by atoms with Crippen molar-refractivity contribution in [2.45, 2.75) is 37.1 Å². The molecule has 5 heterocycles. The number of aromatic nitrogens is 3. The average molecular weight is 562 g/mol. The number of pyridine rings is 3. The molecular formula is C28H23N3O6S2. The van der Waals surface area contributed by atoms with Gasteiger partial charge in [-0.05, 0) is 47.5 Å². The van der Waals surface area contributed by atoms with E-state index in [2.05, 4.69) is 4.98 Å². The molecule has 1 atom stereocenters. The molecule has 0 fully saturated rings. The largest absolute Gasteiger partial charge is 0.509 e. The summed E-state index contributed by atoms with van der Waals surface area (Å²) >= 11 is 0. The number of benzene rings is 1. The Kier molecular flexibility index (Phi) is 6.78. The van der Waals surface area contributed by atoms with Crippen molar-refractivity contribution < 1.29 is 23.8 Å². The van der Waals surface area contributed by atoms with E-state index in [1.807, 2.05) is 48.5 Å². The summed E-state index contributed by atoms with van der Waals surface area (Å²) in [6, 6.07) is 17.1. The third kappa shape index (κ3) is 4.55. The van der Waals surface area contributed by atoms with E-state index in [1.54, 1.807) is 23.8 Å². The van der Waals surface area contributed by atoms with Crippen molar-refractivity contribution in [2.75, 3.05) is 12.4 Å². The number of fused-ring (bicyclic) bond motifs is 5. The highest BCUT2D eigenvalue weighted by Gasteiger charge is 2.51. The Morgan fingerprint density at radius 1 is 1.15 bits per heavy atom. The van der Waals surface area contributed by atoms with Gasteiger partial charge in [-0.1, -0.05) is 42.0 Å². The smallest absolute Gasteiger partial charge is 0.457 e. The number of hydrogen-bond acceptors (Lipinski definition) is 10. The fourth-order valence-corrected chi connectivity index (χ4v) is 6.62. The molecule has 0 unspecified atom stereocenters. The first-order chi connectivity index (χ1) is 19.0. The van der Waals surface area contributed by atoms with Gasteiger partial charge >= 0.3 is 12.1 Å². The Hall–Kier alpha value is -3.83. The maximum atomic E-state index is 13.6. The summed E-state index contributed by atoms with van der Waals surface area (Å²) in [5.74, 6) is -0.245. The second-order valence-electron chi connectivity index (χ2n) is 9.03. The Morgan fingerprint density at radius 3 is 2.82 bits per heavy atom. The van der Waals surface area contributed by atoms with Gasteiger partial charge in [0, 0.05) is 28.5 Å². The molecule has 198 valence electrons. The predicted octanol–water partition coefficient (Wildman–Crippen LogP) is 5.08. The number of esters is 1. The van der Waals surface area contributed by atoms with E-state index in [9.17, 15) is 14.4 Å². The van der Waals surface area contributed by atoms with Gasteiger partial charge in [-0.15, -0.1) is 0 Å². The quantitative estimate of drug-likeness (QED) is 0.152. The maximum Gasteiger partial charge on any atom is 0.509 e. The number of ether oxygens (including phenoxy) is 3. The van der Waals surface area contributed by atoms with Crippen LogP contribution in [-0.4, -0.2) is 39.0 Å². The van der Waals surface area contributed by atoms with Gasteiger partial charge in [-0.25, -0.2) is 19.6 Å². The highest BCUT2D eigenvalue weighted by Crippen LogP contribution is 2.41. The molecule has 0 spiro atoms. The summed E-state index contributed by atoms with van der Waals surface area (Å²) in [5.41, 5.74) is 1.46. The number of para-hydroxylation sites is 1. The number of nitrogens with zero attached hydrogens (tertiary/aromatic N) is 3. The first-order valence-electron chi connectivity index (χ1n) is 12.4. The van der Waals surface area contributed by atoms with Crippen LogP contribution >= 0.6 is 21.6 Å². The zero-order valence-corrected chi connectivity index (χ0v) is 22.5. The highest BCUT2D eigenvalue weighted by atomic mass is 33.1. The van der Waals surface area contributed by atoms with Crippen LogP contribution in [-0.2, 0) is 37.8 Å². The van der Waals surface area contributed by atoms with E-state index in [1.165, 1.54) is 21.6 Å². The Labute approximate surface area is 231 Å². The van der Waals surface area contributed by atoms with Gasteiger partial charge in [0.05, 0.1) is 29.0 Å². The summed E-state index contributed by atoms with van der Waals surface area (Å²) in [6.45, 7) is 1.94. The predicted molar refractivity (Wildman–Crippen MR) is 147 cm³/mol. The number of carbonyl (C=O) groups is 2. The van der Waals surface area contributed by atoms with Crippen LogP contribution in [0, 0.1) is 0 Å². The minimum atomic E-state index is -1.80. The molecular weight excluding hydrogens is 538 g/mol. The molecule has 2 aliphatic rings. The average Bonchev–Trinajstić information content (AvgIpc) is 3.31. The first kappa shape index (κ1) is 25.4. The first-order valence-corrected chi connectivity index (χ1v) is 14.7. The molecule has 39 heavy (non-hydrogen) atoms. The monoisotopic (exact) mass is 561 g/mol. The number of carbonyl (C=O) groups excluding carboxylic acids is 2. The topological polar surface area (TPSA) is 110 Å². The van der Waals surface area contributed by atoms with Crippen molar-refractivity contribution in [3.05, 3.63) is 87.8 Å². The van der Waals surface area contributed by atoms with Crippen molar-refractivity contribution in [1.29, 1.82) is 0 Å². The molecule has 0 radical (unpaired) electrons. The zero-order chi connectivity index (χ0) is 27.0. The maximum absolute atomic E-state index is 13.6. The Balaban J connectivity index is 1.26. The van der Waals surface area contributed by atoms with E-state index in [0.29, 0.717) is 29.2 Å². The van der Waals surface area contributed by atoms with Crippen molar-refractivity contribution in [1.82, 2.24) is 14.5 Å². The molecule has 4 aromatic rings. The van der Waals surface area contributed by atoms with Gasteiger partial charge < -0.3 is 18.8 Å². The second kappa shape index (κ2) is 10.4. The van der Waals surface area contributed by atoms with Gasteiger partial charge in [0.2, 0.25) is 5.60 Å². The lowest BCUT2D eigenvalue weighted by Crippen LogP contribution is -2.47. The summed E-state index contributed by atoms with van der Waals surface area (Å²) in [4.78, 5) is 48.5. The molecule has 0 saturated heterocycles. The van der Waals surface area contributed by atoms with Crippen LogP contribution in [0.15, 0.2) is 70.6 Å². The molecule has 9 nitrogen and oxygen atoms in total. The zero-order valence-electron chi connectivity index (χ0n) is 20.9. The van der Waals surface area contributed by atoms with Crippen molar-refractivity contribution >= 4 is 44.6 Å². The fraction of sp³-hybridized carbons (Fsp3) is 0.250. The van der Waals surface area contributed by atoms with E-state index in [-0.39, 0.29) is 30.8 Å². The lowest BCUT2D eigenvalue weighted by atomic mass is 9.85. The Bertz CT molecular complexity index is 1660. The van der Waals surface area contributed by atoms with Crippen LogP contribution in [0.1, 0.15) is 30.0 Å². The number of rotatable bonds is 7. The van der Waals surface area contributed by atoms with Gasteiger partial charge in [-0.3, -0.25) is 4.79 Å². The van der Waals surface area contributed by atoms with Crippen LogP contribution in [0.5, 0.6) is 0 Å². The lowest BCUT2D eigenvalue weighted by molar-refractivity contribution is -0.175. The van der Waals surface area contributed by atoms with Gasteiger partial charge in [0.15, 0.2) is 0 Å². The molecule has 6 rings (SSSR count). The highest BCUT2D eigenvalue weighted by molar-refractivity contribution is 8.76. The molecule has 1 aromatic carbocycles. The summed E-state index contributed by atoms with van der Waals surface area (Å²) in [5, 5.41) is 1.82. The SMILES string of the molecule is CC[C@@]1(OC(=O)OCCSSc2ccccn2)C(=O)OCc2c1cc1n(c2=O)Cc2cc3ccccc3nc2-1. The number of hydrogen-bond donors (Lipinski definition) is 0. The molecule has 11 heteroatoms. The van der Waals surface area contributed by atoms with Gasteiger partial charge in [-0.2, -0.15) is 0 Å². The standard InChI is InChI=1S/C28H23N3O6S2/c1-2-28(37-27(34)35-11-12-38-39-23-9-5-6-10-29-23)20-14-22-24-18(13-17-7-3-4-8-21(17)30-24)15-31(22)25(32)19(20)16-36-26(28)33/h3-10,13-14H,2,11-12,15-16H2,1H3/t28-/m0/s1. The van der Waals surface area contributed by atoms with E-state index < -0.39 is 17.7 Å². The van der Waals surface area contributed by atoms with E-state index in [4.69, 9.17) is 19.2 Å². The normalized spacial score (nSPS) is 17.2. The molecule has 0 bridgehead atoms. The van der Waals surface area contributed by atoms with Crippen LogP contribution in [0.2, 0.25) is 0 Å². The summed E-state index contributed by atoms with van der Waals surface area (Å²) < 4.78 is 18.0. The summed E-state index contributed by atoms with van der Waals surface area (Å²) in [7, 11) is 2.94. The fourth-order valence-electron chi connectivity index (χ4n) is 4.91. The second-order valence-corrected chi connectivity index (χ2v) is 11.5. The lowest BCUT2D eigenvalue weighted by Gasteiger charge is -2.35. The van der Waals surface area contributed by atoms with Gasteiger partial charge in [0.1, 0.15) is 18.2 Å². The molecule has 0 aliphatic carbocycles. The van der Waals surface area contributed by atoms with E-state index >= 15 is 0 Å². The van der Waals surface area contributed by atoms with Crippen LogP contribution in [0.3, 0.4) is 0 Å². The third-order valence-corrected chi connectivity index (χ3v) is 9.04. The van der Waals surface area contributed by atoms with Crippen molar-refractivity contribution in [3.63, 3.8) is 0 Å². The van der Waals surface area contributed by atoms with Crippen molar-refractivity contribution in [2.24, 2.45) is 0 Å². The third-order valence-electron chi connectivity index (χ3n) is 6.81. The molecule has 3 aromatic heterocycles. The van der Waals surface area contributed by atoms with Gasteiger partial charge in [0.25, 0.3) is 5.56 Å². The minimum Gasteiger partial charge on any atom is -0.457 e. The minimum absolute atomic E-state index is 0.0686. The Morgan fingerprint density at radius 2 is 2.00 bits per heavy atom. The molecule has 0 saturated carbocycles. The molecule has 0 N–H and O–H groups in total. The number of cyclic esters (lactones) is 1. The molecule has 0 amide bonds. The summed E-state index contributed by atoms with van der Waals surface area (Å²) in [6.07, 6.45) is 0.773. The van der Waals surface area contributed by atoms with Crippen LogP contribution in [0.4, 0.5) is 4.79 Å². The van der Waals surface area contributed by atoms with Crippen LogP contribution < -0.4 is 5.56 Å². The van der Waals surface area contributed by atoms with Crippen molar-refractivity contribution in [3.8, 4) is 11.4 Å². The van der Waals surface area contributed by atoms with Crippen LogP contribution in [0.25, 0.3) is 22.3 Å².